The van der Waals surface area contributed by atoms with Crippen LogP contribution in [-0.4, -0.2) is 29.0 Å². The highest BCUT2D eigenvalue weighted by Gasteiger charge is 2.33. The summed E-state index contributed by atoms with van der Waals surface area (Å²) in [5, 5.41) is 7.36. The van der Waals surface area contributed by atoms with E-state index in [1.807, 2.05) is 0 Å². The van der Waals surface area contributed by atoms with E-state index in [1.54, 1.807) is 19.9 Å². The molecule has 0 unspecified atom stereocenters. The van der Waals surface area contributed by atoms with Gasteiger partial charge in [-0.2, -0.15) is 18.3 Å². The monoisotopic (exact) mass is 248 g/mol. The summed E-state index contributed by atoms with van der Waals surface area (Å²) in [6.45, 7) is 2.41. The van der Waals surface area contributed by atoms with Crippen LogP contribution in [0.15, 0.2) is 12.3 Å². The van der Waals surface area contributed by atoms with Crippen molar-refractivity contribution >= 4 is 5.82 Å². The van der Waals surface area contributed by atoms with Crippen molar-refractivity contribution in [2.75, 3.05) is 11.4 Å². The van der Waals surface area contributed by atoms with Crippen LogP contribution in [0.5, 0.6) is 0 Å². The molecule has 0 amide bonds. The standard InChI is InChI=1S/C10H15F3N4/c1-7(2)17(6-10(11,12)13)9-8(5-14)3-4-15-16-9/h3-4,7H,5-6,14H2,1-2H3. The number of hydrogen-bond acceptors (Lipinski definition) is 4. The van der Waals surface area contributed by atoms with E-state index in [4.69, 9.17) is 5.73 Å². The smallest absolute Gasteiger partial charge is 0.343 e. The average Bonchev–Trinajstić information content (AvgIpc) is 2.24. The molecule has 0 aliphatic rings. The minimum Gasteiger partial charge on any atom is -0.343 e. The van der Waals surface area contributed by atoms with Crippen LogP contribution in [-0.2, 0) is 6.54 Å². The van der Waals surface area contributed by atoms with Gasteiger partial charge in [-0.3, -0.25) is 0 Å². The van der Waals surface area contributed by atoms with Crippen molar-refractivity contribution in [3.8, 4) is 0 Å². The summed E-state index contributed by atoms with van der Waals surface area (Å²) in [6.07, 6.45) is -2.87. The highest BCUT2D eigenvalue weighted by atomic mass is 19.4. The second-order valence-electron chi connectivity index (χ2n) is 3.92. The largest absolute Gasteiger partial charge is 0.405 e. The predicted molar refractivity (Wildman–Crippen MR) is 58.5 cm³/mol. The molecule has 7 heteroatoms. The van der Waals surface area contributed by atoms with Crippen LogP contribution in [0.1, 0.15) is 19.4 Å². The summed E-state index contributed by atoms with van der Waals surface area (Å²) in [5.74, 6) is 0.197. The average molecular weight is 248 g/mol. The minimum absolute atomic E-state index is 0.131. The first kappa shape index (κ1) is 13.7. The predicted octanol–water partition coefficient (Wildman–Crippen LogP) is 1.71. The first-order chi connectivity index (χ1) is 7.85. The van der Waals surface area contributed by atoms with Crippen LogP contribution in [0.2, 0.25) is 0 Å². The van der Waals surface area contributed by atoms with Crippen molar-refractivity contribution < 1.29 is 13.2 Å². The molecular weight excluding hydrogens is 233 g/mol. The molecule has 4 nitrogen and oxygen atoms in total. The Morgan fingerprint density at radius 1 is 1.41 bits per heavy atom. The molecule has 0 atom stereocenters. The molecule has 1 heterocycles. The Morgan fingerprint density at radius 2 is 2.06 bits per heavy atom. The van der Waals surface area contributed by atoms with Gasteiger partial charge in [0.1, 0.15) is 6.54 Å². The molecular formula is C10H15F3N4. The fraction of sp³-hybridized carbons (Fsp3) is 0.600. The highest BCUT2D eigenvalue weighted by Crippen LogP contribution is 2.24. The van der Waals surface area contributed by atoms with E-state index in [1.165, 1.54) is 6.20 Å². The molecule has 1 aromatic rings. The fourth-order valence-electron chi connectivity index (χ4n) is 1.45. The molecule has 17 heavy (non-hydrogen) atoms. The molecule has 0 bridgehead atoms. The highest BCUT2D eigenvalue weighted by molar-refractivity contribution is 5.46. The molecule has 96 valence electrons. The Morgan fingerprint density at radius 3 is 2.53 bits per heavy atom. The van der Waals surface area contributed by atoms with Crippen LogP contribution >= 0.6 is 0 Å². The lowest BCUT2D eigenvalue weighted by Gasteiger charge is -2.29. The van der Waals surface area contributed by atoms with Crippen LogP contribution in [0.25, 0.3) is 0 Å². The number of hydrogen-bond donors (Lipinski definition) is 1. The Bertz CT molecular complexity index is 365. The van der Waals surface area contributed by atoms with Gasteiger partial charge in [-0.15, -0.1) is 5.10 Å². The SMILES string of the molecule is CC(C)N(CC(F)(F)F)c1nnccc1CN. The Hall–Kier alpha value is -1.37. The van der Waals surface area contributed by atoms with Crippen molar-refractivity contribution in [3.05, 3.63) is 17.8 Å². The molecule has 0 radical (unpaired) electrons. The van der Waals surface area contributed by atoms with Gasteiger partial charge in [0.2, 0.25) is 0 Å². The van der Waals surface area contributed by atoms with Gasteiger partial charge in [-0.25, -0.2) is 0 Å². The van der Waals surface area contributed by atoms with E-state index in [2.05, 4.69) is 10.2 Å². The molecule has 0 aromatic carbocycles. The summed E-state index contributed by atoms with van der Waals surface area (Å²) in [7, 11) is 0. The van der Waals surface area contributed by atoms with Crippen LogP contribution in [0.4, 0.5) is 19.0 Å². The number of anilines is 1. The molecule has 0 aliphatic carbocycles. The zero-order chi connectivity index (χ0) is 13.1. The van der Waals surface area contributed by atoms with E-state index in [0.29, 0.717) is 5.56 Å². The van der Waals surface area contributed by atoms with Gasteiger partial charge in [-0.1, -0.05) is 0 Å². The molecule has 1 aromatic heterocycles. The van der Waals surface area contributed by atoms with Gasteiger partial charge < -0.3 is 10.6 Å². The summed E-state index contributed by atoms with van der Waals surface area (Å²) in [5.41, 5.74) is 6.03. The molecule has 2 N–H and O–H groups in total. The van der Waals surface area contributed by atoms with Crippen LogP contribution in [0.3, 0.4) is 0 Å². The second kappa shape index (κ2) is 5.31. The van der Waals surface area contributed by atoms with Gasteiger partial charge in [0.25, 0.3) is 0 Å². The molecule has 0 saturated carbocycles. The van der Waals surface area contributed by atoms with Gasteiger partial charge >= 0.3 is 6.18 Å². The van der Waals surface area contributed by atoms with Crippen molar-refractivity contribution in [3.63, 3.8) is 0 Å². The van der Waals surface area contributed by atoms with Crippen LogP contribution in [0, 0.1) is 0 Å². The number of nitrogens with two attached hydrogens (primary N) is 1. The third kappa shape index (κ3) is 3.85. The molecule has 0 aliphatic heterocycles. The first-order valence-electron chi connectivity index (χ1n) is 5.19. The third-order valence-corrected chi connectivity index (χ3v) is 2.25. The lowest BCUT2D eigenvalue weighted by atomic mass is 10.2. The van der Waals surface area contributed by atoms with Crippen molar-refractivity contribution in [2.45, 2.75) is 32.6 Å². The third-order valence-electron chi connectivity index (χ3n) is 2.25. The Kier molecular flexibility index (Phi) is 4.28. The van der Waals surface area contributed by atoms with Gasteiger partial charge in [-0.05, 0) is 19.9 Å². The van der Waals surface area contributed by atoms with E-state index < -0.39 is 12.7 Å². The summed E-state index contributed by atoms with van der Waals surface area (Å²) < 4.78 is 37.4. The van der Waals surface area contributed by atoms with Crippen molar-refractivity contribution in [1.82, 2.24) is 10.2 Å². The van der Waals surface area contributed by atoms with Crippen LogP contribution < -0.4 is 10.6 Å². The second-order valence-corrected chi connectivity index (χ2v) is 3.92. The number of nitrogens with zero attached hydrogens (tertiary/aromatic N) is 3. The van der Waals surface area contributed by atoms with E-state index in [0.717, 1.165) is 4.90 Å². The number of alkyl halides is 3. The maximum Gasteiger partial charge on any atom is 0.405 e. The Labute approximate surface area is 97.6 Å². The molecule has 0 fully saturated rings. The van der Waals surface area contributed by atoms with Gasteiger partial charge in [0.05, 0.1) is 6.20 Å². The Balaban J connectivity index is 3.05. The summed E-state index contributed by atoms with van der Waals surface area (Å²) in [4.78, 5) is 1.15. The lowest BCUT2D eigenvalue weighted by molar-refractivity contribution is -0.120. The first-order valence-corrected chi connectivity index (χ1v) is 5.19. The topological polar surface area (TPSA) is 55.0 Å². The van der Waals surface area contributed by atoms with E-state index >= 15 is 0 Å². The minimum atomic E-state index is -4.28. The summed E-state index contributed by atoms with van der Waals surface area (Å²) in [6, 6.07) is 1.24. The molecule has 0 spiro atoms. The van der Waals surface area contributed by atoms with Gasteiger partial charge in [0.15, 0.2) is 5.82 Å². The quantitative estimate of drug-likeness (QED) is 0.881. The van der Waals surface area contributed by atoms with Gasteiger partial charge in [0, 0.05) is 18.2 Å². The zero-order valence-electron chi connectivity index (χ0n) is 9.70. The normalized spacial score (nSPS) is 11.9. The summed E-state index contributed by atoms with van der Waals surface area (Å²) >= 11 is 0. The van der Waals surface area contributed by atoms with E-state index in [9.17, 15) is 13.2 Å². The lowest BCUT2D eigenvalue weighted by Crippen LogP contribution is -2.40. The number of rotatable bonds is 4. The fourth-order valence-corrected chi connectivity index (χ4v) is 1.45. The zero-order valence-corrected chi connectivity index (χ0v) is 9.70. The maximum atomic E-state index is 12.5. The van der Waals surface area contributed by atoms with Crippen molar-refractivity contribution in [2.24, 2.45) is 5.73 Å². The maximum absolute atomic E-state index is 12.5. The molecule has 0 saturated heterocycles. The number of halogens is 3. The van der Waals surface area contributed by atoms with Crippen molar-refractivity contribution in [1.29, 1.82) is 0 Å². The number of aromatic nitrogens is 2. The van der Waals surface area contributed by atoms with E-state index in [-0.39, 0.29) is 18.4 Å². The molecule has 1 rings (SSSR count).